The number of benzene rings is 2. The van der Waals surface area contributed by atoms with Gasteiger partial charge in [-0.1, -0.05) is 26.0 Å². The van der Waals surface area contributed by atoms with Crippen LogP contribution in [-0.2, 0) is 39.6 Å². The first kappa shape index (κ1) is 46.4. The Labute approximate surface area is 361 Å². The summed E-state index contributed by atoms with van der Waals surface area (Å²) in [6, 6.07) is 2.71. The number of imide groups is 1. The van der Waals surface area contributed by atoms with E-state index in [4.69, 9.17) is 23.5 Å². The third kappa shape index (κ3) is 9.03. The van der Waals surface area contributed by atoms with E-state index >= 15 is 8.78 Å². The van der Waals surface area contributed by atoms with Crippen molar-refractivity contribution in [2.75, 3.05) is 26.7 Å². The molecule has 2 saturated heterocycles. The summed E-state index contributed by atoms with van der Waals surface area (Å²) in [5.41, 5.74) is -3.62. The van der Waals surface area contributed by atoms with Gasteiger partial charge in [-0.3, -0.25) is 19.3 Å². The third-order valence-electron chi connectivity index (χ3n) is 12.5. The van der Waals surface area contributed by atoms with Gasteiger partial charge in [-0.15, -0.1) is 0 Å². The second-order valence-electron chi connectivity index (χ2n) is 19.2. The fraction of sp³-hybridized carbons (Fsp3) is 0.591. The number of ether oxygens (including phenoxy) is 3. The lowest BCUT2D eigenvalue weighted by atomic mass is 9.43. The molecule has 5 amide bonds. The van der Waals surface area contributed by atoms with Gasteiger partial charge in [0.2, 0.25) is 5.91 Å². The molecule has 2 aromatic carbocycles. The average molecular weight is 867 g/mol. The van der Waals surface area contributed by atoms with Gasteiger partial charge in [0.05, 0.1) is 35.9 Å². The monoisotopic (exact) mass is 866 g/mol. The summed E-state index contributed by atoms with van der Waals surface area (Å²) < 4.78 is 62.7. The number of esters is 2. The predicted octanol–water partition coefficient (Wildman–Crippen LogP) is 5.32. The summed E-state index contributed by atoms with van der Waals surface area (Å²) in [5.74, 6) is -8.35. The molecule has 0 spiro atoms. The van der Waals surface area contributed by atoms with Crippen LogP contribution in [0.4, 0.5) is 13.6 Å². The molecular formula is C44H57BF2N4O11. The molecule has 1 unspecified atom stereocenters. The quantitative estimate of drug-likeness (QED) is 0.170. The molecule has 6 atom stereocenters. The van der Waals surface area contributed by atoms with E-state index in [-0.39, 0.29) is 54.8 Å². The van der Waals surface area contributed by atoms with Crippen LogP contribution in [0.1, 0.15) is 120 Å². The Morgan fingerprint density at radius 1 is 0.919 bits per heavy atom. The van der Waals surface area contributed by atoms with Crippen molar-refractivity contribution in [2.24, 2.45) is 17.3 Å². The molecule has 62 heavy (non-hydrogen) atoms. The van der Waals surface area contributed by atoms with Gasteiger partial charge in [0, 0.05) is 19.6 Å². The van der Waals surface area contributed by atoms with Crippen molar-refractivity contribution in [3.63, 3.8) is 0 Å². The Balaban J connectivity index is 1.40. The summed E-state index contributed by atoms with van der Waals surface area (Å²) in [6.45, 7) is 17.8. The first-order valence-electron chi connectivity index (χ1n) is 21.0. The fourth-order valence-corrected chi connectivity index (χ4v) is 9.22. The minimum atomic E-state index is -2.19. The van der Waals surface area contributed by atoms with Crippen LogP contribution in [0.5, 0.6) is 5.75 Å². The lowest BCUT2D eigenvalue weighted by molar-refractivity contribution is -0.199. The number of carbonyl (C=O) groups is 6. The summed E-state index contributed by atoms with van der Waals surface area (Å²) in [6.07, 6.45) is 1.12. The molecule has 15 nitrogen and oxygen atoms in total. The minimum absolute atomic E-state index is 0.0140. The van der Waals surface area contributed by atoms with Crippen LogP contribution in [0.2, 0.25) is 0 Å². The van der Waals surface area contributed by atoms with E-state index in [0.717, 1.165) is 6.42 Å². The third-order valence-corrected chi connectivity index (χ3v) is 12.5. The second kappa shape index (κ2) is 16.9. The summed E-state index contributed by atoms with van der Waals surface area (Å²) in [5, 5.41) is 5.09. The van der Waals surface area contributed by atoms with Gasteiger partial charge in [0.25, 0.3) is 0 Å². The van der Waals surface area contributed by atoms with E-state index in [9.17, 15) is 28.8 Å². The molecule has 2 heterocycles. The Kier molecular flexibility index (Phi) is 12.6. The number of hydrogen-bond acceptors (Lipinski definition) is 11. The zero-order chi connectivity index (χ0) is 45.9. The molecule has 3 aliphatic carbocycles. The van der Waals surface area contributed by atoms with Gasteiger partial charge in [-0.05, 0) is 116 Å². The van der Waals surface area contributed by atoms with Gasteiger partial charge in [-0.2, -0.15) is 0 Å². The van der Waals surface area contributed by atoms with Crippen LogP contribution in [0.3, 0.4) is 0 Å². The normalized spacial score (nSPS) is 24.1. The number of carbonyl (C=O) groups excluding carboxylic acids is 6. The summed E-state index contributed by atoms with van der Waals surface area (Å²) in [4.78, 5) is 82.5. The molecule has 336 valence electrons. The number of urea groups is 1. The first-order chi connectivity index (χ1) is 28.8. The maximum absolute atomic E-state index is 16.3. The van der Waals surface area contributed by atoms with Crippen LogP contribution < -0.4 is 15.4 Å². The van der Waals surface area contributed by atoms with E-state index in [0.29, 0.717) is 34.9 Å². The second-order valence-corrected chi connectivity index (χ2v) is 19.2. The summed E-state index contributed by atoms with van der Waals surface area (Å²) in [7, 11) is 0.221. The van der Waals surface area contributed by atoms with Gasteiger partial charge in [-0.25, -0.2) is 23.2 Å². The lowest BCUT2D eigenvalue weighted by Gasteiger charge is -2.64. The number of nitrogens with one attached hydrogen (secondary N) is 2. The van der Waals surface area contributed by atoms with Crippen molar-refractivity contribution in [1.82, 2.24) is 20.4 Å². The van der Waals surface area contributed by atoms with E-state index in [1.807, 2.05) is 6.92 Å². The highest BCUT2D eigenvalue weighted by Crippen LogP contribution is 2.65. The Morgan fingerprint density at radius 3 is 2.13 bits per heavy atom. The van der Waals surface area contributed by atoms with E-state index in [1.165, 1.54) is 18.1 Å². The predicted molar refractivity (Wildman–Crippen MR) is 221 cm³/mol. The van der Waals surface area contributed by atoms with Crippen LogP contribution in [0, 0.1) is 28.9 Å². The Morgan fingerprint density at radius 2 is 1.55 bits per heavy atom. The molecule has 7 rings (SSSR count). The number of rotatable bonds is 11. The van der Waals surface area contributed by atoms with E-state index < -0.39 is 94.4 Å². The molecule has 0 aromatic heterocycles. The zero-order valence-electron chi connectivity index (χ0n) is 37.2. The highest BCUT2D eigenvalue weighted by molar-refractivity contribution is 6.48. The zero-order valence-corrected chi connectivity index (χ0v) is 37.2. The first-order valence-corrected chi connectivity index (χ1v) is 21.0. The van der Waals surface area contributed by atoms with Crippen molar-refractivity contribution in [3.05, 3.63) is 64.2 Å². The van der Waals surface area contributed by atoms with Crippen molar-refractivity contribution in [2.45, 2.75) is 123 Å². The van der Waals surface area contributed by atoms with Gasteiger partial charge >= 0.3 is 36.9 Å². The molecular weight excluding hydrogens is 809 g/mol. The highest BCUT2D eigenvalue weighted by atomic mass is 19.1. The largest absolute Gasteiger partial charge is 0.496 e. The molecule has 2 aromatic rings. The number of halogens is 2. The maximum atomic E-state index is 16.3. The van der Waals surface area contributed by atoms with Crippen molar-refractivity contribution in [1.29, 1.82) is 0 Å². The van der Waals surface area contributed by atoms with Crippen LogP contribution in [-0.4, -0.2) is 108 Å². The van der Waals surface area contributed by atoms with Crippen LogP contribution in [0.25, 0.3) is 0 Å². The smallest absolute Gasteiger partial charge is 0.482 e. The standard InChI is InChI=1S/C44H57BF2N4O11/c1-12-50-16-17-51(37(54)36(50)53)40(57)49-33(32-27(46)18-24(19-28(32)47)38(55)59-41(2,3)4)35(52)48-31(45-61-30-22-25-21-29(43(25,8)9)44(30,10)62-45)20-23-14-13-15-26(34(23)58-11)39(56)60-42(5,6)7/h13-15,18-19,25,29-31,33H,12,16-17,20-22H2,1-11H3,(H,48,52)(H,49,57)/t25-,29-,30+,31+,33?,44-/m0/s1. The number of para-hydroxylation sites is 1. The number of piperazine rings is 1. The molecule has 2 bridgehead atoms. The van der Waals surface area contributed by atoms with Crippen LogP contribution >= 0.6 is 0 Å². The Hall–Kier alpha value is -5.10. The molecule has 0 radical (unpaired) electrons. The molecule has 3 saturated carbocycles. The summed E-state index contributed by atoms with van der Waals surface area (Å²) >= 11 is 0. The lowest BCUT2D eigenvalue weighted by Crippen LogP contribution is -2.65. The minimum Gasteiger partial charge on any atom is -0.496 e. The van der Waals surface area contributed by atoms with Crippen LogP contribution in [0.15, 0.2) is 30.3 Å². The molecule has 2 aliphatic heterocycles. The molecule has 5 fully saturated rings. The number of amides is 5. The van der Waals surface area contributed by atoms with Crippen molar-refractivity contribution >= 4 is 42.8 Å². The Bertz CT molecular complexity index is 2130. The molecule has 5 aliphatic rings. The SMILES string of the molecule is CCN1CCN(C(=O)NC(C(=O)N[C@H](Cc2cccc(C(=O)OC(C)(C)C)c2OC)B2O[C@@H]3C[C@@H]4C[C@@H](C4(C)C)[C@]3(C)O2)c2c(F)cc(C(=O)OC(C)(C)C)cc2F)C(=O)C1=O. The van der Waals surface area contributed by atoms with Crippen molar-refractivity contribution in [3.8, 4) is 5.75 Å². The number of nitrogens with zero attached hydrogens (tertiary/aromatic N) is 2. The fourth-order valence-electron chi connectivity index (χ4n) is 9.22. The molecule has 18 heteroatoms. The van der Waals surface area contributed by atoms with Gasteiger partial charge in [0.1, 0.15) is 40.2 Å². The van der Waals surface area contributed by atoms with Gasteiger partial charge in [0.15, 0.2) is 0 Å². The van der Waals surface area contributed by atoms with Crippen molar-refractivity contribution < 1.29 is 61.1 Å². The maximum Gasteiger partial charge on any atom is 0.482 e. The van der Waals surface area contributed by atoms with E-state index in [2.05, 4.69) is 24.5 Å². The average Bonchev–Trinajstić information content (AvgIpc) is 3.53. The highest BCUT2D eigenvalue weighted by Gasteiger charge is 2.68. The number of likely N-dealkylation sites (N-methyl/N-ethyl adjacent to an activating group) is 1. The van der Waals surface area contributed by atoms with E-state index in [1.54, 1.807) is 60.6 Å². The number of methoxy groups -OCH3 is 1. The number of hydrogen-bond donors (Lipinski definition) is 2. The topological polar surface area (TPSA) is 179 Å². The molecule has 2 N–H and O–H groups in total. The van der Waals surface area contributed by atoms with Gasteiger partial charge < -0.3 is 39.1 Å².